The van der Waals surface area contributed by atoms with E-state index in [2.05, 4.69) is 9.97 Å². The summed E-state index contributed by atoms with van der Waals surface area (Å²) >= 11 is 12.8. The fourth-order valence-electron chi connectivity index (χ4n) is 4.51. The van der Waals surface area contributed by atoms with Gasteiger partial charge in [0.2, 0.25) is 17.3 Å². The van der Waals surface area contributed by atoms with Gasteiger partial charge in [-0.15, -0.1) is 0 Å². The van der Waals surface area contributed by atoms with Gasteiger partial charge in [-0.3, -0.25) is 4.79 Å². The molecule has 37 heavy (non-hydrogen) atoms. The lowest BCUT2D eigenvalue weighted by atomic mass is 10.1. The van der Waals surface area contributed by atoms with E-state index in [1.807, 2.05) is 4.90 Å². The Morgan fingerprint density at radius 2 is 2.03 bits per heavy atom. The largest absolute Gasteiger partial charge is 0.477 e. The molecule has 0 radical (unpaired) electrons. The lowest BCUT2D eigenvalue weighted by Crippen LogP contribution is -2.34. The average Bonchev–Trinajstić information content (AvgIpc) is 3.32. The zero-order valence-electron chi connectivity index (χ0n) is 19.2. The number of hydrogen-bond donors (Lipinski definition) is 2. The summed E-state index contributed by atoms with van der Waals surface area (Å²) in [7, 11) is 0. The summed E-state index contributed by atoms with van der Waals surface area (Å²) in [5.41, 5.74) is 5.10. The van der Waals surface area contributed by atoms with Gasteiger partial charge in [-0.1, -0.05) is 23.2 Å². The van der Waals surface area contributed by atoms with Crippen LogP contribution in [0.2, 0.25) is 10.0 Å². The number of fused-ring (bicyclic) bond motifs is 1. The Labute approximate surface area is 219 Å². The van der Waals surface area contributed by atoms with Crippen molar-refractivity contribution in [3.05, 3.63) is 80.6 Å². The summed E-state index contributed by atoms with van der Waals surface area (Å²) in [6.45, 7) is 0.941. The van der Waals surface area contributed by atoms with E-state index in [9.17, 15) is 19.1 Å². The number of aromatic carboxylic acids is 1. The molecule has 0 spiro atoms. The van der Waals surface area contributed by atoms with Gasteiger partial charge in [0, 0.05) is 24.3 Å². The Morgan fingerprint density at radius 1 is 1.22 bits per heavy atom. The van der Waals surface area contributed by atoms with Crippen molar-refractivity contribution in [2.45, 2.75) is 18.9 Å². The maximum Gasteiger partial charge on any atom is 0.341 e. The lowest BCUT2D eigenvalue weighted by Gasteiger charge is -2.28. The third kappa shape index (κ3) is 4.65. The summed E-state index contributed by atoms with van der Waals surface area (Å²) in [5.74, 6) is -2.09. The highest BCUT2D eigenvalue weighted by Gasteiger charge is 2.29. The molecule has 0 unspecified atom stereocenters. The Kier molecular flexibility index (Phi) is 6.61. The predicted octanol–water partition coefficient (Wildman–Crippen LogP) is 4.55. The van der Waals surface area contributed by atoms with E-state index in [0.29, 0.717) is 23.1 Å². The van der Waals surface area contributed by atoms with E-state index in [0.717, 1.165) is 19.0 Å². The van der Waals surface area contributed by atoms with Gasteiger partial charge in [-0.25, -0.2) is 14.8 Å². The van der Waals surface area contributed by atoms with Gasteiger partial charge in [0.25, 0.3) is 0 Å². The van der Waals surface area contributed by atoms with Crippen molar-refractivity contribution in [1.29, 1.82) is 0 Å². The first-order valence-corrected chi connectivity index (χ1v) is 12.0. The lowest BCUT2D eigenvalue weighted by molar-refractivity contribution is 0.0695. The van der Waals surface area contributed by atoms with Crippen LogP contribution in [-0.4, -0.2) is 44.8 Å². The van der Waals surface area contributed by atoms with Crippen LogP contribution in [0.15, 0.2) is 53.6 Å². The molecule has 9 nitrogen and oxygen atoms in total. The second-order valence-electron chi connectivity index (χ2n) is 8.50. The first-order chi connectivity index (χ1) is 17.7. The highest BCUT2D eigenvalue weighted by atomic mass is 35.5. The van der Waals surface area contributed by atoms with Crippen LogP contribution < -0.4 is 20.8 Å². The maximum atomic E-state index is 14.8. The number of carbonyl (C=O) groups is 1. The average molecular weight is 544 g/mol. The summed E-state index contributed by atoms with van der Waals surface area (Å²) in [5, 5.41) is 10.3. The minimum atomic E-state index is -1.45. The highest BCUT2D eigenvalue weighted by molar-refractivity contribution is 6.34. The topological polar surface area (TPSA) is 124 Å². The second-order valence-corrected chi connectivity index (χ2v) is 9.32. The Morgan fingerprint density at radius 3 is 2.76 bits per heavy atom. The summed E-state index contributed by atoms with van der Waals surface area (Å²) in [6, 6.07) is 9.12. The van der Waals surface area contributed by atoms with Crippen LogP contribution in [0, 0.1) is 5.95 Å². The van der Waals surface area contributed by atoms with Crippen LogP contribution in [0.4, 0.5) is 15.9 Å². The van der Waals surface area contributed by atoms with Crippen LogP contribution in [0.5, 0.6) is 5.88 Å². The van der Waals surface area contributed by atoms with E-state index in [1.54, 1.807) is 24.4 Å². The van der Waals surface area contributed by atoms with E-state index < -0.39 is 22.9 Å². The molecule has 5 rings (SSSR count). The Hall–Kier alpha value is -3.89. The zero-order chi connectivity index (χ0) is 26.3. The number of ether oxygens (including phenoxy) is 1. The quantitative estimate of drug-likeness (QED) is 0.339. The smallest absolute Gasteiger partial charge is 0.341 e. The van der Waals surface area contributed by atoms with Crippen LogP contribution in [-0.2, 0) is 0 Å². The van der Waals surface area contributed by atoms with Gasteiger partial charge < -0.3 is 25.0 Å². The molecular weight excluding hydrogens is 524 g/mol. The molecule has 0 saturated carbocycles. The number of hydrogen-bond acceptors (Lipinski definition) is 7. The minimum Gasteiger partial charge on any atom is -0.477 e. The van der Waals surface area contributed by atoms with Gasteiger partial charge in [0.1, 0.15) is 28.7 Å². The number of rotatable bonds is 6. The number of nitrogens with zero attached hydrogens (tertiary/aromatic N) is 4. The van der Waals surface area contributed by atoms with Crippen molar-refractivity contribution in [3.8, 4) is 11.6 Å². The zero-order valence-corrected chi connectivity index (χ0v) is 20.7. The minimum absolute atomic E-state index is 0.0251. The molecule has 1 fully saturated rings. The van der Waals surface area contributed by atoms with Crippen molar-refractivity contribution in [2.75, 3.05) is 23.8 Å². The molecule has 1 aliphatic rings. The van der Waals surface area contributed by atoms with Crippen molar-refractivity contribution in [1.82, 2.24) is 14.5 Å². The first-order valence-electron chi connectivity index (χ1n) is 11.3. The number of nitrogens with two attached hydrogens (primary N) is 1. The molecule has 0 aliphatic carbocycles. The Balaban J connectivity index is 1.62. The molecule has 1 atom stereocenters. The molecule has 4 aromatic rings. The van der Waals surface area contributed by atoms with E-state index in [1.165, 1.54) is 22.8 Å². The van der Waals surface area contributed by atoms with Crippen molar-refractivity contribution < 1.29 is 19.0 Å². The molecule has 1 aliphatic heterocycles. The third-order valence-electron chi connectivity index (χ3n) is 6.24. The molecular formula is C25H20Cl2FN5O4. The molecule has 12 heteroatoms. The molecule has 3 N–H and O–H groups in total. The molecule has 1 saturated heterocycles. The molecule has 3 aromatic heterocycles. The van der Waals surface area contributed by atoms with Gasteiger partial charge in [0.05, 0.1) is 22.3 Å². The first kappa shape index (κ1) is 24.8. The SMILES string of the molecule is Nc1ccc(-n2cc(C(=O)O)c(=O)c3cc(Cl)c(N4CCC[C@@H]4COc4ncccc4Cl)cc32)c(F)n1. The molecule has 4 heterocycles. The normalized spacial score (nSPS) is 15.3. The van der Waals surface area contributed by atoms with Gasteiger partial charge in [-0.2, -0.15) is 4.39 Å². The fourth-order valence-corrected chi connectivity index (χ4v) is 4.95. The number of anilines is 2. The number of carboxylic acids is 1. The summed E-state index contributed by atoms with van der Waals surface area (Å²) < 4.78 is 22.0. The number of aromatic nitrogens is 3. The molecule has 0 amide bonds. The van der Waals surface area contributed by atoms with Crippen molar-refractivity contribution in [3.63, 3.8) is 0 Å². The third-order valence-corrected chi connectivity index (χ3v) is 6.83. The Bertz CT molecular complexity index is 1600. The van der Waals surface area contributed by atoms with E-state index >= 15 is 0 Å². The standard InChI is InChI=1S/C25H20Cl2FN5O4/c26-16-4-1-7-30-24(16)37-12-13-3-2-8-32(13)20-10-19-14(9-17(20)27)22(34)15(25(35)36)11-33(19)18-5-6-21(29)31-23(18)28/h1,4-7,9-11,13H,2-3,8,12H2,(H2,29,31)(H,35,36)/t13-/m1/s1. The van der Waals surface area contributed by atoms with Crippen LogP contribution in [0.25, 0.3) is 16.6 Å². The number of halogens is 3. The molecule has 1 aromatic carbocycles. The molecule has 190 valence electrons. The van der Waals surface area contributed by atoms with Crippen LogP contribution >= 0.6 is 23.2 Å². The van der Waals surface area contributed by atoms with Crippen LogP contribution in [0.1, 0.15) is 23.2 Å². The number of nitrogen functional groups attached to an aromatic ring is 1. The van der Waals surface area contributed by atoms with E-state index in [-0.39, 0.29) is 40.1 Å². The second kappa shape index (κ2) is 9.87. The maximum absolute atomic E-state index is 14.8. The number of pyridine rings is 3. The summed E-state index contributed by atoms with van der Waals surface area (Å²) in [4.78, 5) is 34.6. The number of benzene rings is 1. The van der Waals surface area contributed by atoms with Crippen molar-refractivity contribution in [2.24, 2.45) is 0 Å². The monoisotopic (exact) mass is 543 g/mol. The van der Waals surface area contributed by atoms with Gasteiger partial charge >= 0.3 is 5.97 Å². The molecule has 0 bridgehead atoms. The highest BCUT2D eigenvalue weighted by Crippen LogP contribution is 2.36. The summed E-state index contributed by atoms with van der Waals surface area (Å²) in [6.07, 6.45) is 4.33. The number of carboxylic acid groups (broad SMARTS) is 1. The van der Waals surface area contributed by atoms with Gasteiger partial charge in [-0.05, 0) is 49.2 Å². The van der Waals surface area contributed by atoms with Crippen molar-refractivity contribution >= 4 is 51.6 Å². The predicted molar refractivity (Wildman–Crippen MR) is 139 cm³/mol. The fraction of sp³-hybridized carbons (Fsp3) is 0.200. The van der Waals surface area contributed by atoms with Crippen LogP contribution in [0.3, 0.4) is 0 Å². The van der Waals surface area contributed by atoms with E-state index in [4.69, 9.17) is 33.7 Å². The van der Waals surface area contributed by atoms with Gasteiger partial charge in [0.15, 0.2) is 0 Å².